The molecule has 0 atom stereocenters. The highest BCUT2D eigenvalue weighted by Crippen LogP contribution is 2.36. The Bertz CT molecular complexity index is 501. The van der Waals surface area contributed by atoms with Gasteiger partial charge < -0.3 is 9.72 Å². The predicted octanol–water partition coefficient (Wildman–Crippen LogP) is 3.63. The first-order valence-electron chi connectivity index (χ1n) is 6.31. The first kappa shape index (κ1) is 12.9. The topological polar surface area (TPSA) is 42.1 Å². The zero-order valence-electron chi connectivity index (χ0n) is 11.8. The van der Waals surface area contributed by atoms with Gasteiger partial charge in [-0.3, -0.25) is 4.79 Å². The van der Waals surface area contributed by atoms with E-state index in [0.29, 0.717) is 6.42 Å². The monoisotopic (exact) mass is 247 g/mol. The van der Waals surface area contributed by atoms with Crippen LogP contribution in [0.3, 0.4) is 0 Å². The van der Waals surface area contributed by atoms with Gasteiger partial charge in [0.05, 0.1) is 5.41 Å². The van der Waals surface area contributed by atoms with Crippen LogP contribution in [0.5, 0.6) is 0 Å². The average Bonchev–Trinajstić information content (AvgIpc) is 2.72. The van der Waals surface area contributed by atoms with Crippen LogP contribution >= 0.6 is 0 Å². The molecule has 18 heavy (non-hydrogen) atoms. The molecular formula is C15H21NO2. The van der Waals surface area contributed by atoms with Crippen molar-refractivity contribution in [3.8, 4) is 0 Å². The predicted molar refractivity (Wildman–Crippen MR) is 72.0 cm³/mol. The van der Waals surface area contributed by atoms with Gasteiger partial charge in [-0.2, -0.15) is 0 Å². The van der Waals surface area contributed by atoms with Gasteiger partial charge in [0.25, 0.3) is 0 Å². The summed E-state index contributed by atoms with van der Waals surface area (Å²) in [6.07, 6.45) is 2.58. The third kappa shape index (κ3) is 2.50. The summed E-state index contributed by atoms with van der Waals surface area (Å²) in [7, 11) is 0. The Balaban J connectivity index is 2.20. The van der Waals surface area contributed by atoms with E-state index < -0.39 is 5.41 Å². The molecule has 1 aliphatic heterocycles. The highest BCUT2D eigenvalue weighted by atomic mass is 16.5. The van der Waals surface area contributed by atoms with E-state index in [0.717, 1.165) is 11.5 Å². The van der Waals surface area contributed by atoms with Crippen molar-refractivity contribution < 1.29 is 9.53 Å². The first-order valence-corrected chi connectivity index (χ1v) is 6.31. The molecule has 0 unspecified atom stereocenters. The first-order chi connectivity index (χ1) is 8.18. The molecule has 0 amide bonds. The summed E-state index contributed by atoms with van der Waals surface area (Å²) >= 11 is 0. The summed E-state index contributed by atoms with van der Waals surface area (Å²) in [6.45, 7) is 10.3. The molecule has 1 aromatic heterocycles. The molecule has 1 saturated heterocycles. The van der Waals surface area contributed by atoms with Crippen LogP contribution in [-0.4, -0.2) is 11.0 Å². The maximum absolute atomic E-state index is 11.6. The maximum atomic E-state index is 11.6. The lowest BCUT2D eigenvalue weighted by molar-refractivity contribution is -0.142. The summed E-state index contributed by atoms with van der Waals surface area (Å²) in [5.74, 6) is 0.601. The van der Waals surface area contributed by atoms with E-state index in [1.807, 2.05) is 26.0 Å². The lowest BCUT2D eigenvalue weighted by Crippen LogP contribution is -2.16. The van der Waals surface area contributed by atoms with Gasteiger partial charge in [-0.25, -0.2) is 0 Å². The Morgan fingerprint density at radius 3 is 2.44 bits per heavy atom. The minimum atomic E-state index is -0.398. The fourth-order valence-corrected chi connectivity index (χ4v) is 1.99. The SMILES string of the molecule is CC1(C)C/C(=C\c2ccc(C(C)(C)C)[nH]2)OC1=O. The normalized spacial score (nSPS) is 21.4. The lowest BCUT2D eigenvalue weighted by atomic mass is 9.91. The fourth-order valence-electron chi connectivity index (χ4n) is 1.99. The van der Waals surface area contributed by atoms with Gasteiger partial charge in [0.1, 0.15) is 5.76 Å². The van der Waals surface area contributed by atoms with Crippen molar-refractivity contribution >= 4 is 12.0 Å². The number of hydrogen-bond acceptors (Lipinski definition) is 2. The van der Waals surface area contributed by atoms with Crippen LogP contribution in [0.15, 0.2) is 17.9 Å². The molecule has 0 spiro atoms. The number of esters is 1. The lowest BCUT2D eigenvalue weighted by Gasteiger charge is -2.15. The molecule has 1 aromatic rings. The number of H-pyrrole nitrogens is 1. The quantitative estimate of drug-likeness (QED) is 0.770. The minimum Gasteiger partial charge on any atom is -0.431 e. The van der Waals surface area contributed by atoms with Gasteiger partial charge in [-0.05, 0) is 26.0 Å². The van der Waals surface area contributed by atoms with Gasteiger partial charge in [0.15, 0.2) is 0 Å². The van der Waals surface area contributed by atoms with E-state index in [1.54, 1.807) is 0 Å². The van der Waals surface area contributed by atoms with Crippen LogP contribution in [0.25, 0.3) is 6.08 Å². The van der Waals surface area contributed by atoms with Crippen molar-refractivity contribution in [2.24, 2.45) is 5.41 Å². The van der Waals surface area contributed by atoms with E-state index in [9.17, 15) is 4.79 Å². The Hall–Kier alpha value is -1.51. The molecule has 1 fully saturated rings. The second-order valence-electron chi connectivity index (χ2n) is 6.64. The molecule has 98 valence electrons. The average molecular weight is 247 g/mol. The van der Waals surface area contributed by atoms with Gasteiger partial charge in [-0.1, -0.05) is 20.8 Å². The number of cyclic esters (lactones) is 1. The standard InChI is InChI=1S/C15H21NO2/c1-14(2,3)12-7-6-10(16-12)8-11-9-15(4,5)13(17)18-11/h6-8,16H,9H2,1-5H3/b11-8+. The summed E-state index contributed by atoms with van der Waals surface area (Å²) < 4.78 is 5.28. The Labute approximate surface area is 108 Å². The van der Waals surface area contributed by atoms with Gasteiger partial charge in [-0.15, -0.1) is 0 Å². The van der Waals surface area contributed by atoms with E-state index in [-0.39, 0.29) is 11.4 Å². The van der Waals surface area contributed by atoms with E-state index >= 15 is 0 Å². The summed E-state index contributed by atoms with van der Waals surface area (Å²) in [6, 6.07) is 4.10. The molecule has 0 aromatic carbocycles. The number of hydrogen-bond donors (Lipinski definition) is 1. The second kappa shape index (κ2) is 4.01. The molecule has 0 aliphatic carbocycles. The number of carbonyl (C=O) groups is 1. The molecule has 0 bridgehead atoms. The third-order valence-electron chi connectivity index (χ3n) is 3.23. The summed E-state index contributed by atoms with van der Waals surface area (Å²) in [5, 5.41) is 0. The van der Waals surface area contributed by atoms with Crippen molar-refractivity contribution in [2.45, 2.75) is 46.5 Å². The fraction of sp³-hybridized carbons (Fsp3) is 0.533. The maximum Gasteiger partial charge on any atom is 0.317 e. The van der Waals surface area contributed by atoms with Crippen LogP contribution < -0.4 is 0 Å². The van der Waals surface area contributed by atoms with Crippen molar-refractivity contribution in [2.75, 3.05) is 0 Å². The molecular weight excluding hydrogens is 226 g/mol. The van der Waals surface area contributed by atoms with Crippen molar-refractivity contribution in [1.82, 2.24) is 4.98 Å². The number of aromatic amines is 1. The Morgan fingerprint density at radius 1 is 1.33 bits per heavy atom. The van der Waals surface area contributed by atoms with Crippen LogP contribution in [0.1, 0.15) is 52.4 Å². The van der Waals surface area contributed by atoms with Crippen molar-refractivity contribution in [1.29, 1.82) is 0 Å². The molecule has 0 saturated carbocycles. The van der Waals surface area contributed by atoms with Crippen LogP contribution in [-0.2, 0) is 14.9 Å². The highest BCUT2D eigenvalue weighted by molar-refractivity contribution is 5.81. The summed E-state index contributed by atoms with van der Waals surface area (Å²) in [4.78, 5) is 14.9. The third-order valence-corrected chi connectivity index (χ3v) is 3.23. The van der Waals surface area contributed by atoms with Gasteiger partial charge in [0, 0.05) is 29.3 Å². The zero-order valence-corrected chi connectivity index (χ0v) is 11.8. The van der Waals surface area contributed by atoms with E-state index in [1.165, 1.54) is 5.69 Å². The van der Waals surface area contributed by atoms with Crippen LogP contribution in [0.2, 0.25) is 0 Å². The van der Waals surface area contributed by atoms with E-state index in [2.05, 4.69) is 31.8 Å². The van der Waals surface area contributed by atoms with Crippen molar-refractivity contribution in [3.05, 3.63) is 29.3 Å². The second-order valence-corrected chi connectivity index (χ2v) is 6.64. The molecule has 1 N–H and O–H groups in total. The molecule has 0 radical (unpaired) electrons. The van der Waals surface area contributed by atoms with Crippen LogP contribution in [0.4, 0.5) is 0 Å². The van der Waals surface area contributed by atoms with Crippen LogP contribution in [0, 0.1) is 5.41 Å². The number of aromatic nitrogens is 1. The number of carbonyl (C=O) groups excluding carboxylic acids is 1. The Kier molecular flexibility index (Phi) is 2.88. The Morgan fingerprint density at radius 2 is 2.00 bits per heavy atom. The zero-order chi connectivity index (χ0) is 13.6. The summed E-state index contributed by atoms with van der Waals surface area (Å²) in [5.41, 5.74) is 1.87. The molecule has 3 nitrogen and oxygen atoms in total. The molecule has 2 rings (SSSR count). The number of nitrogens with one attached hydrogen (secondary N) is 1. The van der Waals surface area contributed by atoms with Gasteiger partial charge in [0.2, 0.25) is 0 Å². The molecule has 2 heterocycles. The molecule has 1 aliphatic rings. The number of ether oxygens (including phenoxy) is 1. The number of rotatable bonds is 1. The number of allylic oxidation sites excluding steroid dienone is 1. The highest BCUT2D eigenvalue weighted by Gasteiger charge is 2.38. The van der Waals surface area contributed by atoms with Gasteiger partial charge >= 0.3 is 5.97 Å². The minimum absolute atomic E-state index is 0.0996. The van der Waals surface area contributed by atoms with E-state index in [4.69, 9.17) is 4.74 Å². The smallest absolute Gasteiger partial charge is 0.317 e. The molecule has 3 heteroatoms. The largest absolute Gasteiger partial charge is 0.431 e. The van der Waals surface area contributed by atoms with Crippen molar-refractivity contribution in [3.63, 3.8) is 0 Å².